The first-order chi connectivity index (χ1) is 14.9. The summed E-state index contributed by atoms with van der Waals surface area (Å²) >= 11 is 0. The van der Waals surface area contributed by atoms with Gasteiger partial charge in [0.15, 0.2) is 0 Å². The molecule has 0 bridgehead atoms. The number of rotatable bonds is 8. The molecule has 0 spiro atoms. The molecule has 8 nitrogen and oxygen atoms in total. The second-order valence-electron chi connectivity index (χ2n) is 6.39. The molecular formula is C22H20N2O6S. The number of aromatic nitrogens is 1. The van der Waals surface area contributed by atoms with Crippen molar-refractivity contribution in [2.45, 2.75) is 18.2 Å². The summed E-state index contributed by atoms with van der Waals surface area (Å²) in [6.45, 7) is 2.12. The molecule has 1 heterocycles. The van der Waals surface area contributed by atoms with E-state index < -0.39 is 21.9 Å². The lowest BCUT2D eigenvalue weighted by atomic mass is 10.2. The van der Waals surface area contributed by atoms with E-state index in [9.17, 15) is 18.0 Å². The van der Waals surface area contributed by atoms with E-state index in [1.807, 2.05) is 29.8 Å². The highest BCUT2D eigenvalue weighted by atomic mass is 32.2. The molecule has 0 saturated heterocycles. The maximum absolute atomic E-state index is 12.5. The van der Waals surface area contributed by atoms with Crippen molar-refractivity contribution in [2.24, 2.45) is 0 Å². The van der Waals surface area contributed by atoms with Gasteiger partial charge in [0.1, 0.15) is 17.2 Å². The molecule has 0 aliphatic rings. The number of ether oxygens (including phenoxy) is 2. The van der Waals surface area contributed by atoms with Crippen LogP contribution in [0.25, 0.3) is 0 Å². The number of hydrogen-bond acceptors (Lipinski definition) is 7. The molecule has 1 N–H and O–H groups in total. The normalized spacial score (nSPS) is 10.9. The van der Waals surface area contributed by atoms with Gasteiger partial charge < -0.3 is 9.47 Å². The Hall–Kier alpha value is -3.72. The molecule has 0 radical (unpaired) electrons. The Kier molecular flexibility index (Phi) is 6.99. The monoisotopic (exact) mass is 440 g/mol. The molecule has 2 aromatic carbocycles. The van der Waals surface area contributed by atoms with Crippen molar-refractivity contribution in [3.8, 4) is 11.5 Å². The second kappa shape index (κ2) is 9.86. The van der Waals surface area contributed by atoms with Crippen LogP contribution < -0.4 is 9.46 Å². The smallest absolute Gasteiger partial charge is 0.356 e. The highest BCUT2D eigenvalue weighted by molar-refractivity contribution is 7.90. The van der Waals surface area contributed by atoms with Crippen molar-refractivity contribution in [3.05, 3.63) is 84.2 Å². The third-order valence-corrected chi connectivity index (χ3v) is 5.36. The molecule has 1 amide bonds. The topological polar surface area (TPSA) is 112 Å². The molecule has 0 atom stereocenters. The highest BCUT2D eigenvalue weighted by Gasteiger charge is 2.20. The number of para-hydroxylation sites is 1. The fraction of sp³-hybridized carbons (Fsp3) is 0.136. The maximum Gasteiger partial charge on any atom is 0.356 e. The minimum absolute atomic E-state index is 0.0142. The molecular weight excluding hydrogens is 420 g/mol. The first-order valence-electron chi connectivity index (χ1n) is 9.42. The zero-order valence-electron chi connectivity index (χ0n) is 16.6. The Labute approximate surface area is 179 Å². The number of amides is 1. The Morgan fingerprint density at radius 1 is 0.935 bits per heavy atom. The average molecular weight is 440 g/mol. The van der Waals surface area contributed by atoms with Gasteiger partial charge in [0.2, 0.25) is 0 Å². The minimum Gasteiger partial charge on any atom is -0.461 e. The first-order valence-corrected chi connectivity index (χ1v) is 10.9. The summed E-state index contributed by atoms with van der Waals surface area (Å²) in [5.41, 5.74) is 0.0153. The third kappa shape index (κ3) is 5.89. The minimum atomic E-state index is -4.11. The van der Waals surface area contributed by atoms with Crippen LogP contribution in [-0.4, -0.2) is 31.9 Å². The lowest BCUT2D eigenvalue weighted by Crippen LogP contribution is -2.30. The second-order valence-corrected chi connectivity index (χ2v) is 8.07. The number of benzene rings is 2. The zero-order chi connectivity index (χ0) is 22.3. The van der Waals surface area contributed by atoms with Gasteiger partial charge in [0.25, 0.3) is 15.9 Å². The number of esters is 1. The van der Waals surface area contributed by atoms with Crippen LogP contribution in [-0.2, 0) is 14.8 Å². The fourth-order valence-electron chi connectivity index (χ4n) is 2.47. The highest BCUT2D eigenvalue weighted by Crippen LogP contribution is 2.22. The first kappa shape index (κ1) is 22.0. The number of sulfonamides is 1. The number of carbonyl (C=O) groups is 2. The van der Waals surface area contributed by atoms with Crippen LogP contribution >= 0.6 is 0 Å². The van der Waals surface area contributed by atoms with Crippen molar-refractivity contribution in [2.75, 3.05) is 6.61 Å². The predicted molar refractivity (Wildman–Crippen MR) is 112 cm³/mol. The zero-order valence-corrected chi connectivity index (χ0v) is 17.5. The summed E-state index contributed by atoms with van der Waals surface area (Å²) in [6, 6.07) is 17.3. The van der Waals surface area contributed by atoms with Crippen LogP contribution in [0.4, 0.5) is 0 Å². The van der Waals surface area contributed by atoms with Crippen LogP contribution in [0.5, 0.6) is 11.5 Å². The Morgan fingerprint density at radius 2 is 1.61 bits per heavy atom. The molecule has 1 aromatic heterocycles. The Morgan fingerprint density at radius 3 is 2.23 bits per heavy atom. The summed E-state index contributed by atoms with van der Waals surface area (Å²) in [5, 5.41) is 0. The lowest BCUT2D eigenvalue weighted by Gasteiger charge is -2.09. The lowest BCUT2D eigenvalue weighted by molar-refractivity contribution is 0.0497. The third-order valence-electron chi connectivity index (χ3n) is 4.01. The largest absolute Gasteiger partial charge is 0.461 e. The van der Waals surface area contributed by atoms with Gasteiger partial charge in [-0.05, 0) is 55.0 Å². The van der Waals surface area contributed by atoms with Gasteiger partial charge in [0, 0.05) is 6.20 Å². The molecule has 0 saturated carbocycles. The number of hydrogen-bond donors (Lipinski definition) is 1. The SMILES string of the molecule is CCCOC(=O)c1ccc(C(=O)NS(=O)(=O)c2ccc(Oc3ccccc3)cc2)cn1. The summed E-state index contributed by atoms with van der Waals surface area (Å²) in [5.74, 6) is -0.419. The van der Waals surface area contributed by atoms with Crippen LogP contribution in [0, 0.1) is 0 Å². The van der Waals surface area contributed by atoms with Crippen LogP contribution in [0.1, 0.15) is 34.2 Å². The van der Waals surface area contributed by atoms with Gasteiger partial charge in [-0.15, -0.1) is 0 Å². The van der Waals surface area contributed by atoms with Crippen molar-refractivity contribution in [3.63, 3.8) is 0 Å². The van der Waals surface area contributed by atoms with E-state index in [0.717, 1.165) is 6.20 Å². The molecule has 0 aliphatic carbocycles. The molecule has 0 aliphatic heterocycles. The van der Waals surface area contributed by atoms with E-state index in [-0.39, 0.29) is 22.8 Å². The van der Waals surface area contributed by atoms with E-state index in [0.29, 0.717) is 17.9 Å². The van der Waals surface area contributed by atoms with E-state index in [1.54, 1.807) is 12.1 Å². The van der Waals surface area contributed by atoms with Crippen LogP contribution in [0.2, 0.25) is 0 Å². The number of pyridine rings is 1. The number of carbonyl (C=O) groups excluding carboxylic acids is 2. The molecule has 160 valence electrons. The Bertz CT molecular complexity index is 1140. The van der Waals surface area contributed by atoms with E-state index in [4.69, 9.17) is 9.47 Å². The number of nitrogens with zero attached hydrogens (tertiary/aromatic N) is 1. The summed E-state index contributed by atoms with van der Waals surface area (Å²) in [6.07, 6.45) is 1.79. The summed E-state index contributed by atoms with van der Waals surface area (Å²) in [7, 11) is -4.11. The van der Waals surface area contributed by atoms with E-state index in [1.165, 1.54) is 36.4 Å². The van der Waals surface area contributed by atoms with E-state index >= 15 is 0 Å². The molecule has 3 aromatic rings. The molecule has 31 heavy (non-hydrogen) atoms. The predicted octanol–water partition coefficient (Wildman–Crippen LogP) is 3.56. The number of nitrogens with one attached hydrogen (secondary N) is 1. The van der Waals surface area contributed by atoms with Crippen LogP contribution in [0.15, 0.2) is 77.8 Å². The van der Waals surface area contributed by atoms with Crippen molar-refractivity contribution < 1.29 is 27.5 Å². The molecule has 3 rings (SSSR count). The van der Waals surface area contributed by atoms with Gasteiger partial charge in [-0.1, -0.05) is 25.1 Å². The van der Waals surface area contributed by atoms with Crippen molar-refractivity contribution >= 4 is 21.9 Å². The summed E-state index contributed by atoms with van der Waals surface area (Å²) < 4.78 is 37.6. The molecule has 0 fully saturated rings. The van der Waals surface area contributed by atoms with Crippen molar-refractivity contribution in [1.82, 2.24) is 9.71 Å². The molecule has 0 unspecified atom stereocenters. The fourth-order valence-corrected chi connectivity index (χ4v) is 3.44. The average Bonchev–Trinajstić information content (AvgIpc) is 2.78. The standard InChI is InChI=1S/C22H20N2O6S/c1-2-14-29-22(26)20-13-8-16(15-23-20)21(25)24-31(27,28)19-11-9-18(10-12-19)30-17-6-4-3-5-7-17/h3-13,15H,2,14H2,1H3,(H,24,25). The Balaban J connectivity index is 1.65. The van der Waals surface area contributed by atoms with E-state index in [2.05, 4.69) is 4.98 Å². The summed E-state index contributed by atoms with van der Waals surface area (Å²) in [4.78, 5) is 27.8. The van der Waals surface area contributed by atoms with Gasteiger partial charge >= 0.3 is 5.97 Å². The quantitative estimate of drug-likeness (QED) is 0.533. The van der Waals surface area contributed by atoms with Gasteiger partial charge in [0.05, 0.1) is 17.1 Å². The maximum atomic E-state index is 12.5. The van der Waals surface area contributed by atoms with Gasteiger partial charge in [-0.2, -0.15) is 0 Å². The van der Waals surface area contributed by atoms with Gasteiger partial charge in [-0.3, -0.25) is 4.79 Å². The van der Waals surface area contributed by atoms with Gasteiger partial charge in [-0.25, -0.2) is 22.9 Å². The molecule has 9 heteroatoms. The van der Waals surface area contributed by atoms with Crippen LogP contribution in [0.3, 0.4) is 0 Å². The van der Waals surface area contributed by atoms with Crippen molar-refractivity contribution in [1.29, 1.82) is 0 Å².